The first-order valence-corrected chi connectivity index (χ1v) is 14.5. The molecule has 6 heteroatoms. The molecule has 0 aromatic heterocycles. The SMILES string of the molecule is Cc1ccc([C@@H](NC(=O)c2ccc(CN(c3c(C)cccc3C)S(C)(=O)=O)cc2)c2ccccc2)c(C)c1. The van der Waals surface area contributed by atoms with E-state index in [0.29, 0.717) is 11.3 Å². The number of sulfonamides is 1. The molecule has 0 bridgehead atoms. The van der Waals surface area contributed by atoms with Gasteiger partial charge in [-0.05, 0) is 73.2 Å². The topological polar surface area (TPSA) is 66.5 Å². The van der Waals surface area contributed by atoms with Crippen LogP contribution in [0.2, 0.25) is 0 Å². The van der Waals surface area contributed by atoms with Gasteiger partial charge in [-0.1, -0.05) is 84.4 Å². The number of carbonyl (C=O) groups excluding carboxylic acids is 1. The fraction of sp³-hybridized carbons (Fsp3) is 0.219. The molecule has 4 rings (SSSR count). The predicted octanol–water partition coefficient (Wildman–Crippen LogP) is 6.41. The Hall–Kier alpha value is -3.90. The van der Waals surface area contributed by atoms with Crippen LogP contribution in [0.15, 0.2) is 91.0 Å². The van der Waals surface area contributed by atoms with E-state index in [0.717, 1.165) is 33.4 Å². The lowest BCUT2D eigenvalue weighted by Crippen LogP contribution is -2.31. The maximum Gasteiger partial charge on any atom is 0.252 e. The molecule has 0 saturated heterocycles. The molecule has 0 spiro atoms. The Morgan fingerprint density at radius 3 is 2.00 bits per heavy atom. The standard InChI is InChI=1S/C32H34N2O3S/c1-22-14-19-29(25(4)20-22)30(27-12-7-6-8-13-27)33-32(35)28-17-15-26(16-18-28)21-34(38(5,36)37)31-23(2)10-9-11-24(31)3/h6-20,30H,21H2,1-5H3,(H,33,35)/t30-/m0/s1. The molecule has 1 amide bonds. The van der Waals surface area contributed by atoms with Crippen LogP contribution in [0.3, 0.4) is 0 Å². The highest BCUT2D eigenvalue weighted by Gasteiger charge is 2.22. The van der Waals surface area contributed by atoms with Gasteiger partial charge in [-0.15, -0.1) is 0 Å². The zero-order valence-electron chi connectivity index (χ0n) is 22.5. The van der Waals surface area contributed by atoms with Gasteiger partial charge in [0.05, 0.1) is 24.5 Å². The molecular weight excluding hydrogens is 492 g/mol. The van der Waals surface area contributed by atoms with Crippen molar-refractivity contribution in [1.82, 2.24) is 5.32 Å². The lowest BCUT2D eigenvalue weighted by Gasteiger charge is -2.26. The van der Waals surface area contributed by atoms with Gasteiger partial charge in [0.1, 0.15) is 0 Å². The number of anilines is 1. The third-order valence-corrected chi connectivity index (χ3v) is 7.89. The lowest BCUT2D eigenvalue weighted by molar-refractivity contribution is 0.0943. The molecule has 0 fully saturated rings. The van der Waals surface area contributed by atoms with E-state index >= 15 is 0 Å². The Bertz CT molecular complexity index is 1530. The van der Waals surface area contributed by atoms with Crippen molar-refractivity contribution in [2.24, 2.45) is 0 Å². The third kappa shape index (κ3) is 6.14. The van der Waals surface area contributed by atoms with E-state index in [4.69, 9.17) is 0 Å². The Morgan fingerprint density at radius 1 is 0.789 bits per heavy atom. The summed E-state index contributed by atoms with van der Waals surface area (Å²) in [7, 11) is -3.52. The van der Waals surface area contributed by atoms with Gasteiger partial charge in [-0.2, -0.15) is 0 Å². The number of aryl methyl sites for hydroxylation is 4. The molecule has 0 heterocycles. The molecular formula is C32H34N2O3S. The van der Waals surface area contributed by atoms with Crippen molar-refractivity contribution in [3.05, 3.63) is 136 Å². The number of carbonyl (C=O) groups is 1. The molecule has 1 N–H and O–H groups in total. The molecule has 0 unspecified atom stereocenters. The van der Waals surface area contributed by atoms with Gasteiger partial charge in [-0.3, -0.25) is 9.10 Å². The van der Waals surface area contributed by atoms with Crippen molar-refractivity contribution < 1.29 is 13.2 Å². The second-order valence-electron chi connectivity index (χ2n) is 9.88. The van der Waals surface area contributed by atoms with Gasteiger partial charge in [0.25, 0.3) is 5.91 Å². The number of nitrogens with one attached hydrogen (secondary N) is 1. The number of rotatable bonds is 8. The van der Waals surface area contributed by atoms with E-state index in [1.807, 2.05) is 74.5 Å². The van der Waals surface area contributed by atoms with E-state index < -0.39 is 10.0 Å². The normalized spacial score (nSPS) is 12.1. The fourth-order valence-electron chi connectivity index (χ4n) is 4.84. The summed E-state index contributed by atoms with van der Waals surface area (Å²) in [6.07, 6.45) is 1.22. The molecule has 4 aromatic rings. The minimum atomic E-state index is -3.52. The van der Waals surface area contributed by atoms with Crippen LogP contribution in [-0.2, 0) is 16.6 Å². The van der Waals surface area contributed by atoms with Crippen molar-refractivity contribution >= 4 is 21.6 Å². The summed E-state index contributed by atoms with van der Waals surface area (Å²) in [5.74, 6) is -0.194. The maximum atomic E-state index is 13.4. The van der Waals surface area contributed by atoms with Crippen LogP contribution in [0.4, 0.5) is 5.69 Å². The molecule has 38 heavy (non-hydrogen) atoms. The number of amides is 1. The first-order chi connectivity index (χ1) is 18.0. The molecule has 0 aliphatic heterocycles. The molecule has 0 saturated carbocycles. The number of benzene rings is 4. The molecule has 4 aromatic carbocycles. The van der Waals surface area contributed by atoms with E-state index in [2.05, 4.69) is 37.4 Å². The van der Waals surface area contributed by atoms with Crippen molar-refractivity contribution in [3.63, 3.8) is 0 Å². The number of hydrogen-bond acceptors (Lipinski definition) is 3. The first kappa shape index (κ1) is 27.1. The molecule has 0 aliphatic carbocycles. The van der Waals surface area contributed by atoms with E-state index in [9.17, 15) is 13.2 Å². The van der Waals surface area contributed by atoms with Gasteiger partial charge >= 0.3 is 0 Å². The number of nitrogens with zero attached hydrogens (tertiary/aromatic N) is 1. The van der Waals surface area contributed by atoms with Crippen LogP contribution in [0.5, 0.6) is 0 Å². The highest BCUT2D eigenvalue weighted by Crippen LogP contribution is 2.29. The van der Waals surface area contributed by atoms with Gasteiger partial charge in [0.2, 0.25) is 10.0 Å². The Balaban J connectivity index is 1.59. The second-order valence-corrected chi connectivity index (χ2v) is 11.8. The summed E-state index contributed by atoms with van der Waals surface area (Å²) in [6.45, 7) is 8.12. The molecule has 196 valence electrons. The summed E-state index contributed by atoms with van der Waals surface area (Å²) >= 11 is 0. The van der Waals surface area contributed by atoms with Gasteiger partial charge in [-0.25, -0.2) is 8.42 Å². The second kappa shape index (κ2) is 11.2. The largest absolute Gasteiger partial charge is 0.341 e. The van der Waals surface area contributed by atoms with E-state index in [1.54, 1.807) is 12.1 Å². The summed E-state index contributed by atoms with van der Waals surface area (Å²) < 4.78 is 26.9. The first-order valence-electron chi connectivity index (χ1n) is 12.6. The minimum Gasteiger partial charge on any atom is -0.341 e. The summed E-state index contributed by atoms with van der Waals surface area (Å²) in [4.78, 5) is 13.4. The highest BCUT2D eigenvalue weighted by atomic mass is 32.2. The molecule has 0 radical (unpaired) electrons. The van der Waals surface area contributed by atoms with Gasteiger partial charge < -0.3 is 5.32 Å². The van der Waals surface area contributed by atoms with Crippen LogP contribution in [-0.4, -0.2) is 20.6 Å². The Kier molecular flexibility index (Phi) is 8.02. The fourth-order valence-corrected chi connectivity index (χ4v) is 5.84. The van der Waals surface area contributed by atoms with E-state index in [1.165, 1.54) is 16.1 Å². The smallest absolute Gasteiger partial charge is 0.252 e. The van der Waals surface area contributed by atoms with Crippen molar-refractivity contribution in [3.8, 4) is 0 Å². The molecule has 0 aliphatic rings. The summed E-state index contributed by atoms with van der Waals surface area (Å²) in [5.41, 5.74) is 8.11. The summed E-state index contributed by atoms with van der Waals surface area (Å²) in [6, 6.07) is 28.7. The number of hydrogen-bond donors (Lipinski definition) is 1. The highest BCUT2D eigenvalue weighted by molar-refractivity contribution is 7.92. The Morgan fingerprint density at radius 2 is 1.42 bits per heavy atom. The van der Waals surface area contributed by atoms with Crippen LogP contribution in [0.1, 0.15) is 55.3 Å². The van der Waals surface area contributed by atoms with Gasteiger partial charge in [0.15, 0.2) is 0 Å². The predicted molar refractivity (Wildman–Crippen MR) is 155 cm³/mol. The van der Waals surface area contributed by atoms with E-state index in [-0.39, 0.29) is 18.5 Å². The van der Waals surface area contributed by atoms with Crippen LogP contribution >= 0.6 is 0 Å². The van der Waals surface area contributed by atoms with Gasteiger partial charge in [0, 0.05) is 5.56 Å². The Labute approximate surface area is 226 Å². The monoisotopic (exact) mass is 526 g/mol. The van der Waals surface area contributed by atoms with Crippen LogP contribution in [0.25, 0.3) is 0 Å². The minimum absolute atomic E-state index is 0.182. The number of para-hydroxylation sites is 1. The zero-order chi connectivity index (χ0) is 27.4. The van der Waals surface area contributed by atoms with Crippen LogP contribution < -0.4 is 9.62 Å². The maximum absolute atomic E-state index is 13.4. The lowest BCUT2D eigenvalue weighted by atomic mass is 9.93. The van der Waals surface area contributed by atoms with Crippen molar-refractivity contribution in [1.29, 1.82) is 0 Å². The van der Waals surface area contributed by atoms with Crippen LogP contribution in [0, 0.1) is 27.7 Å². The molecule has 1 atom stereocenters. The third-order valence-electron chi connectivity index (χ3n) is 6.78. The van der Waals surface area contributed by atoms with Crippen molar-refractivity contribution in [2.75, 3.05) is 10.6 Å². The quantitative estimate of drug-likeness (QED) is 0.289. The average molecular weight is 527 g/mol. The van der Waals surface area contributed by atoms with Crippen molar-refractivity contribution in [2.45, 2.75) is 40.3 Å². The molecule has 5 nitrogen and oxygen atoms in total. The zero-order valence-corrected chi connectivity index (χ0v) is 23.3. The average Bonchev–Trinajstić information content (AvgIpc) is 2.87. The summed E-state index contributed by atoms with van der Waals surface area (Å²) in [5, 5.41) is 3.21.